The lowest BCUT2D eigenvalue weighted by molar-refractivity contribution is 0.0712. The Morgan fingerprint density at radius 2 is 2.00 bits per heavy atom. The van der Waals surface area contributed by atoms with Crippen molar-refractivity contribution >= 4 is 39.4 Å². The Morgan fingerprint density at radius 3 is 2.70 bits per heavy atom. The van der Waals surface area contributed by atoms with Gasteiger partial charge in [0.1, 0.15) is 11.6 Å². The number of hydrogen-bond acceptors (Lipinski definition) is 2. The number of carbonyl (C=O) groups is 1. The van der Waals surface area contributed by atoms with Crippen LogP contribution in [0.25, 0.3) is 10.9 Å². The fourth-order valence-corrected chi connectivity index (χ4v) is 4.52. The van der Waals surface area contributed by atoms with E-state index in [9.17, 15) is 9.18 Å². The summed E-state index contributed by atoms with van der Waals surface area (Å²) < 4.78 is 19.3. The van der Waals surface area contributed by atoms with Crippen molar-refractivity contribution < 1.29 is 13.9 Å². The van der Waals surface area contributed by atoms with Gasteiger partial charge in [-0.3, -0.25) is 4.79 Å². The lowest BCUT2D eigenvalue weighted by Crippen LogP contribution is -2.38. The molecule has 1 amide bonds. The Balaban J connectivity index is 1.50. The monoisotopic (exact) mass is 478 g/mol. The normalized spacial score (nSPS) is 15.3. The maximum atomic E-state index is 13.3. The van der Waals surface area contributed by atoms with E-state index in [1.54, 1.807) is 13.2 Å². The van der Waals surface area contributed by atoms with Crippen molar-refractivity contribution in [1.29, 1.82) is 0 Å². The zero-order valence-corrected chi connectivity index (χ0v) is 17.1. The molecule has 0 unspecified atom stereocenters. The standard InChI is InChI=1S/C21H20FIN2O2/c1-27-15-3-5-20-17(11-15)18(12-24-20)13-6-8-25(9-7-13)21(26)16-4-2-14(22)10-19(16)23/h2-5,10-13,24H,6-9H2,1H3. The molecule has 1 aliphatic heterocycles. The molecule has 0 spiro atoms. The third kappa shape index (κ3) is 3.54. The van der Waals surface area contributed by atoms with Crippen LogP contribution < -0.4 is 4.74 Å². The molecule has 4 nitrogen and oxygen atoms in total. The molecular formula is C21H20FIN2O2. The van der Waals surface area contributed by atoms with E-state index in [0.717, 1.165) is 24.1 Å². The number of hydrogen-bond donors (Lipinski definition) is 1. The van der Waals surface area contributed by atoms with Gasteiger partial charge in [-0.05, 0) is 83.3 Å². The molecule has 2 aromatic carbocycles. The number of halogens is 2. The highest BCUT2D eigenvalue weighted by Crippen LogP contribution is 2.35. The van der Waals surface area contributed by atoms with Crippen LogP contribution in [0.2, 0.25) is 0 Å². The van der Waals surface area contributed by atoms with Gasteiger partial charge >= 0.3 is 0 Å². The quantitative estimate of drug-likeness (QED) is 0.543. The van der Waals surface area contributed by atoms with Gasteiger partial charge in [-0.25, -0.2) is 4.39 Å². The minimum atomic E-state index is -0.315. The Bertz CT molecular complexity index is 993. The Kier molecular flexibility index (Phi) is 5.08. The molecule has 0 radical (unpaired) electrons. The summed E-state index contributed by atoms with van der Waals surface area (Å²) in [5, 5.41) is 1.19. The van der Waals surface area contributed by atoms with Crippen LogP contribution in [0.15, 0.2) is 42.6 Å². The first kappa shape index (κ1) is 18.3. The molecule has 3 aromatic rings. The van der Waals surface area contributed by atoms with Crippen molar-refractivity contribution in [2.75, 3.05) is 20.2 Å². The van der Waals surface area contributed by atoms with Crippen molar-refractivity contribution in [3.63, 3.8) is 0 Å². The van der Waals surface area contributed by atoms with Crippen molar-refractivity contribution in [2.24, 2.45) is 0 Å². The Labute approximate surface area is 170 Å². The van der Waals surface area contributed by atoms with E-state index in [4.69, 9.17) is 4.74 Å². The summed E-state index contributed by atoms with van der Waals surface area (Å²) in [5.41, 5.74) is 2.96. The molecule has 1 N–H and O–H groups in total. The van der Waals surface area contributed by atoms with Crippen LogP contribution in [0, 0.1) is 9.39 Å². The molecule has 6 heteroatoms. The number of aromatic nitrogens is 1. The molecule has 0 bridgehead atoms. The molecule has 2 heterocycles. The number of nitrogens with zero attached hydrogens (tertiary/aromatic N) is 1. The lowest BCUT2D eigenvalue weighted by Gasteiger charge is -2.32. The summed E-state index contributed by atoms with van der Waals surface area (Å²) in [6, 6.07) is 10.4. The van der Waals surface area contributed by atoms with Crippen LogP contribution in [0.1, 0.15) is 34.7 Å². The number of likely N-dealkylation sites (tertiary alicyclic amines) is 1. The Morgan fingerprint density at radius 1 is 1.22 bits per heavy atom. The molecule has 1 aliphatic rings. The number of ether oxygens (including phenoxy) is 1. The number of H-pyrrole nitrogens is 1. The number of piperidine rings is 1. The maximum Gasteiger partial charge on any atom is 0.254 e. The molecule has 140 valence electrons. The molecule has 0 atom stereocenters. The number of benzene rings is 2. The second-order valence-electron chi connectivity index (χ2n) is 6.85. The van der Waals surface area contributed by atoms with Gasteiger partial charge in [-0.2, -0.15) is 0 Å². The fraction of sp³-hybridized carbons (Fsp3) is 0.286. The Hall–Kier alpha value is -2.09. The van der Waals surface area contributed by atoms with E-state index in [-0.39, 0.29) is 11.7 Å². The number of amides is 1. The van der Waals surface area contributed by atoms with E-state index < -0.39 is 0 Å². The van der Waals surface area contributed by atoms with Crippen LogP contribution in [0.5, 0.6) is 5.75 Å². The maximum absolute atomic E-state index is 13.3. The van der Waals surface area contributed by atoms with Crippen molar-refractivity contribution in [1.82, 2.24) is 9.88 Å². The van der Waals surface area contributed by atoms with E-state index in [0.29, 0.717) is 28.1 Å². The molecule has 1 fully saturated rings. The zero-order chi connectivity index (χ0) is 19.0. The largest absolute Gasteiger partial charge is 0.497 e. The predicted octanol–water partition coefficient (Wildman–Crippen LogP) is 4.94. The number of methoxy groups -OCH3 is 1. The van der Waals surface area contributed by atoms with Gasteiger partial charge in [0.05, 0.1) is 12.7 Å². The molecule has 27 heavy (non-hydrogen) atoms. The second-order valence-corrected chi connectivity index (χ2v) is 8.01. The third-order valence-electron chi connectivity index (χ3n) is 5.30. The summed E-state index contributed by atoms with van der Waals surface area (Å²) in [5.74, 6) is 0.923. The number of carbonyl (C=O) groups excluding carboxylic acids is 1. The van der Waals surface area contributed by atoms with Crippen LogP contribution >= 0.6 is 22.6 Å². The van der Waals surface area contributed by atoms with Gasteiger partial charge in [0.2, 0.25) is 0 Å². The fourth-order valence-electron chi connectivity index (χ4n) is 3.81. The smallest absolute Gasteiger partial charge is 0.254 e. The van der Waals surface area contributed by atoms with E-state index >= 15 is 0 Å². The number of fused-ring (bicyclic) bond motifs is 1. The average Bonchev–Trinajstić information content (AvgIpc) is 3.10. The van der Waals surface area contributed by atoms with Crippen molar-refractivity contribution in [3.8, 4) is 5.75 Å². The van der Waals surface area contributed by atoms with E-state index in [1.807, 2.05) is 39.6 Å². The molecule has 0 saturated carbocycles. The number of nitrogens with one attached hydrogen (secondary N) is 1. The first-order valence-electron chi connectivity index (χ1n) is 8.96. The van der Waals surface area contributed by atoms with Crippen LogP contribution in [-0.4, -0.2) is 36.0 Å². The minimum absolute atomic E-state index is 0.0153. The summed E-state index contributed by atoms with van der Waals surface area (Å²) in [6.07, 6.45) is 3.90. The first-order chi connectivity index (χ1) is 13.1. The van der Waals surface area contributed by atoms with Gasteiger partial charge in [0.15, 0.2) is 0 Å². The van der Waals surface area contributed by atoms with E-state index in [1.165, 1.54) is 23.1 Å². The highest BCUT2D eigenvalue weighted by atomic mass is 127. The minimum Gasteiger partial charge on any atom is -0.497 e. The van der Waals surface area contributed by atoms with Gasteiger partial charge < -0.3 is 14.6 Å². The van der Waals surface area contributed by atoms with E-state index in [2.05, 4.69) is 17.2 Å². The number of aromatic amines is 1. The SMILES string of the molecule is COc1ccc2[nH]cc(C3CCN(C(=O)c4ccc(F)cc4I)CC3)c2c1. The molecular weight excluding hydrogens is 458 g/mol. The number of rotatable bonds is 3. The third-order valence-corrected chi connectivity index (χ3v) is 6.20. The second kappa shape index (κ2) is 7.50. The van der Waals surface area contributed by atoms with Crippen LogP contribution in [0.4, 0.5) is 4.39 Å². The average molecular weight is 478 g/mol. The van der Waals surface area contributed by atoms with Gasteiger partial charge in [0, 0.05) is 33.8 Å². The summed E-state index contributed by atoms with van der Waals surface area (Å²) in [4.78, 5) is 18.0. The predicted molar refractivity (Wildman–Crippen MR) is 112 cm³/mol. The highest BCUT2D eigenvalue weighted by molar-refractivity contribution is 14.1. The van der Waals surface area contributed by atoms with Gasteiger partial charge in [-0.15, -0.1) is 0 Å². The molecule has 4 rings (SSSR count). The van der Waals surface area contributed by atoms with Gasteiger partial charge in [0.25, 0.3) is 5.91 Å². The van der Waals surface area contributed by atoms with Crippen molar-refractivity contribution in [2.45, 2.75) is 18.8 Å². The zero-order valence-electron chi connectivity index (χ0n) is 15.0. The van der Waals surface area contributed by atoms with Crippen LogP contribution in [-0.2, 0) is 0 Å². The molecule has 1 aromatic heterocycles. The first-order valence-corrected chi connectivity index (χ1v) is 10.0. The highest BCUT2D eigenvalue weighted by Gasteiger charge is 2.27. The summed E-state index contributed by atoms with van der Waals surface area (Å²) in [6.45, 7) is 1.40. The molecule has 1 saturated heterocycles. The molecule has 0 aliphatic carbocycles. The summed E-state index contributed by atoms with van der Waals surface area (Å²) in [7, 11) is 1.68. The van der Waals surface area contributed by atoms with Crippen LogP contribution in [0.3, 0.4) is 0 Å². The lowest BCUT2D eigenvalue weighted by atomic mass is 9.89. The topological polar surface area (TPSA) is 45.3 Å². The van der Waals surface area contributed by atoms with Crippen molar-refractivity contribution in [3.05, 3.63) is 63.1 Å². The van der Waals surface area contributed by atoms with Gasteiger partial charge in [-0.1, -0.05) is 0 Å². The summed E-state index contributed by atoms with van der Waals surface area (Å²) >= 11 is 2.02.